The Kier molecular flexibility index (Phi) is 5.42. The van der Waals surface area contributed by atoms with E-state index in [0.717, 1.165) is 13.1 Å². The summed E-state index contributed by atoms with van der Waals surface area (Å²) in [6.07, 6.45) is 6.85. The maximum atomic E-state index is 11.5. The molecule has 1 N–H and O–H groups in total. The highest BCUT2D eigenvalue weighted by Gasteiger charge is 2.14. The molecule has 1 aliphatic rings. The number of halogens is 1. The van der Waals surface area contributed by atoms with Crippen LogP contribution < -0.4 is 14.4 Å². The van der Waals surface area contributed by atoms with E-state index in [1.165, 1.54) is 25.3 Å². The van der Waals surface area contributed by atoms with Crippen molar-refractivity contribution in [1.82, 2.24) is 14.7 Å². The lowest BCUT2D eigenvalue weighted by Gasteiger charge is -2.26. The normalized spacial score (nSPS) is 14.3. The van der Waals surface area contributed by atoms with Gasteiger partial charge in [0.25, 0.3) is 5.91 Å². The number of nitrogens with zero attached hydrogens (tertiary/aromatic N) is 3. The summed E-state index contributed by atoms with van der Waals surface area (Å²) in [5.41, 5.74) is 0.402. The molecule has 126 valence electrons. The molecule has 1 aromatic carbocycles. The SMILES string of the molecule is O=C(NS)c1ccc(Oc2cnc(N3CCCCC3)nc2)c(Cl)c1. The van der Waals surface area contributed by atoms with E-state index in [1.54, 1.807) is 24.5 Å². The molecular formula is C16H17ClN4O2S. The number of aromatic nitrogens is 2. The predicted octanol–water partition coefficient (Wildman–Crippen LogP) is 3.49. The fourth-order valence-electron chi connectivity index (χ4n) is 2.54. The van der Waals surface area contributed by atoms with E-state index in [0.29, 0.717) is 28.0 Å². The van der Waals surface area contributed by atoms with E-state index < -0.39 is 0 Å². The predicted molar refractivity (Wildman–Crippen MR) is 96.1 cm³/mol. The van der Waals surface area contributed by atoms with Gasteiger partial charge < -0.3 is 9.64 Å². The van der Waals surface area contributed by atoms with Gasteiger partial charge in [-0.15, -0.1) is 0 Å². The molecule has 6 nitrogen and oxygen atoms in total. The van der Waals surface area contributed by atoms with Crippen molar-refractivity contribution in [3.05, 3.63) is 41.2 Å². The summed E-state index contributed by atoms with van der Waals surface area (Å²) in [4.78, 5) is 22.4. The number of rotatable bonds is 4. The molecule has 0 aliphatic carbocycles. The van der Waals surface area contributed by atoms with Gasteiger partial charge >= 0.3 is 0 Å². The topological polar surface area (TPSA) is 67.3 Å². The van der Waals surface area contributed by atoms with Crippen LogP contribution in [-0.4, -0.2) is 29.0 Å². The highest BCUT2D eigenvalue weighted by atomic mass is 35.5. The molecule has 24 heavy (non-hydrogen) atoms. The summed E-state index contributed by atoms with van der Waals surface area (Å²) in [5.74, 6) is 1.31. The van der Waals surface area contributed by atoms with Crippen LogP contribution in [0.1, 0.15) is 29.6 Å². The first-order chi connectivity index (χ1) is 11.7. The fraction of sp³-hybridized carbons (Fsp3) is 0.312. The van der Waals surface area contributed by atoms with Gasteiger partial charge in [-0.1, -0.05) is 24.4 Å². The van der Waals surface area contributed by atoms with Gasteiger partial charge in [0.15, 0.2) is 5.75 Å². The standard InChI is InChI=1S/C16H17ClN4O2S/c17-13-8-11(15(22)20-24)4-5-14(13)23-12-9-18-16(19-10-12)21-6-2-1-3-7-21/h4-5,8-10,24H,1-3,6-7H2,(H,20,22). The second-order valence-corrected chi connectivity index (χ2v) is 6.09. The van der Waals surface area contributed by atoms with Crippen LogP contribution in [0.4, 0.5) is 5.95 Å². The minimum absolute atomic E-state index is 0.324. The van der Waals surface area contributed by atoms with Crippen LogP contribution in [0.2, 0.25) is 5.02 Å². The molecule has 3 rings (SSSR count). The molecule has 8 heteroatoms. The van der Waals surface area contributed by atoms with Gasteiger partial charge in [0.05, 0.1) is 17.4 Å². The number of carbonyl (C=O) groups is 1. The third kappa shape index (κ3) is 3.91. The third-order valence-electron chi connectivity index (χ3n) is 3.78. The van der Waals surface area contributed by atoms with Crippen LogP contribution in [0.15, 0.2) is 30.6 Å². The molecule has 2 heterocycles. The van der Waals surface area contributed by atoms with Crippen molar-refractivity contribution < 1.29 is 9.53 Å². The first-order valence-electron chi connectivity index (χ1n) is 7.66. The van der Waals surface area contributed by atoms with E-state index in [1.807, 2.05) is 0 Å². The Labute approximate surface area is 150 Å². The van der Waals surface area contributed by atoms with E-state index >= 15 is 0 Å². The summed E-state index contributed by atoms with van der Waals surface area (Å²) in [5, 5.41) is 0.324. The molecule has 0 saturated carbocycles. The molecule has 2 aromatic rings. The van der Waals surface area contributed by atoms with Crippen LogP contribution in [-0.2, 0) is 0 Å². The zero-order valence-corrected chi connectivity index (χ0v) is 14.6. The summed E-state index contributed by atoms with van der Waals surface area (Å²) in [7, 11) is 0. The minimum Gasteiger partial charge on any atom is -0.453 e. The molecule has 1 fully saturated rings. The number of benzene rings is 1. The first-order valence-corrected chi connectivity index (χ1v) is 8.49. The number of carbonyl (C=O) groups excluding carboxylic acids is 1. The molecule has 0 spiro atoms. The Bertz CT molecular complexity index is 721. The van der Waals surface area contributed by atoms with Crippen LogP contribution in [0.5, 0.6) is 11.5 Å². The number of nitrogens with one attached hydrogen (secondary N) is 1. The largest absolute Gasteiger partial charge is 0.453 e. The summed E-state index contributed by atoms with van der Waals surface area (Å²) in [6.45, 7) is 1.97. The Morgan fingerprint density at radius 1 is 1.21 bits per heavy atom. The molecule has 0 bridgehead atoms. The second-order valence-electron chi connectivity index (χ2n) is 5.45. The number of hydrogen-bond acceptors (Lipinski definition) is 6. The Morgan fingerprint density at radius 3 is 2.54 bits per heavy atom. The van der Waals surface area contributed by atoms with Crippen molar-refractivity contribution >= 4 is 36.3 Å². The van der Waals surface area contributed by atoms with E-state index in [4.69, 9.17) is 16.3 Å². The summed E-state index contributed by atoms with van der Waals surface area (Å²) < 4.78 is 7.94. The Balaban J connectivity index is 1.70. The second kappa shape index (κ2) is 7.72. The van der Waals surface area contributed by atoms with Gasteiger partial charge in [0.1, 0.15) is 5.75 Å². The lowest BCUT2D eigenvalue weighted by molar-refractivity contribution is 0.0985. The Morgan fingerprint density at radius 2 is 1.92 bits per heavy atom. The molecule has 1 aromatic heterocycles. The lowest BCUT2D eigenvalue weighted by Crippen LogP contribution is -2.30. The fourth-order valence-corrected chi connectivity index (χ4v) is 2.88. The van der Waals surface area contributed by atoms with Crippen molar-refractivity contribution in [2.24, 2.45) is 0 Å². The number of thiol groups is 1. The van der Waals surface area contributed by atoms with Crippen LogP contribution in [0.25, 0.3) is 0 Å². The zero-order valence-electron chi connectivity index (χ0n) is 12.9. The quantitative estimate of drug-likeness (QED) is 0.813. The molecular weight excluding hydrogens is 348 g/mol. The molecule has 1 amide bonds. The van der Waals surface area contributed by atoms with Crippen molar-refractivity contribution in [3.8, 4) is 11.5 Å². The number of hydrogen-bond donors (Lipinski definition) is 2. The van der Waals surface area contributed by atoms with Gasteiger partial charge in [-0.3, -0.25) is 9.52 Å². The zero-order chi connectivity index (χ0) is 16.9. The maximum Gasteiger partial charge on any atom is 0.260 e. The highest BCUT2D eigenvalue weighted by molar-refractivity contribution is 7.78. The van der Waals surface area contributed by atoms with E-state index in [-0.39, 0.29) is 5.91 Å². The summed E-state index contributed by atoms with van der Waals surface area (Å²) >= 11 is 9.88. The van der Waals surface area contributed by atoms with Crippen LogP contribution >= 0.6 is 24.4 Å². The first kappa shape index (κ1) is 16.9. The average Bonchev–Trinajstić information content (AvgIpc) is 2.64. The van der Waals surface area contributed by atoms with Gasteiger partial charge in [-0.2, -0.15) is 0 Å². The van der Waals surface area contributed by atoms with Gasteiger partial charge in [0, 0.05) is 18.7 Å². The highest BCUT2D eigenvalue weighted by Crippen LogP contribution is 2.30. The van der Waals surface area contributed by atoms with Gasteiger partial charge in [-0.25, -0.2) is 9.97 Å². The Hall–Kier alpha value is -1.99. The summed E-state index contributed by atoms with van der Waals surface area (Å²) in [6, 6.07) is 4.75. The lowest BCUT2D eigenvalue weighted by atomic mass is 10.1. The smallest absolute Gasteiger partial charge is 0.260 e. The number of ether oxygens (including phenoxy) is 1. The van der Waals surface area contributed by atoms with Crippen molar-refractivity contribution in [2.75, 3.05) is 18.0 Å². The molecule has 1 aliphatic heterocycles. The maximum absolute atomic E-state index is 11.5. The average molecular weight is 365 g/mol. The van der Waals surface area contributed by atoms with Crippen LogP contribution in [0.3, 0.4) is 0 Å². The molecule has 0 unspecified atom stereocenters. The molecule has 0 radical (unpaired) electrons. The van der Waals surface area contributed by atoms with E-state index in [9.17, 15) is 4.79 Å². The van der Waals surface area contributed by atoms with E-state index in [2.05, 4.69) is 32.4 Å². The van der Waals surface area contributed by atoms with Crippen molar-refractivity contribution in [3.63, 3.8) is 0 Å². The van der Waals surface area contributed by atoms with Gasteiger partial charge in [0.2, 0.25) is 5.95 Å². The molecule has 1 saturated heterocycles. The van der Waals surface area contributed by atoms with Gasteiger partial charge in [-0.05, 0) is 37.5 Å². The number of piperidine rings is 1. The molecule has 0 atom stereocenters. The van der Waals surface area contributed by atoms with Crippen molar-refractivity contribution in [2.45, 2.75) is 19.3 Å². The van der Waals surface area contributed by atoms with Crippen LogP contribution in [0, 0.1) is 0 Å². The third-order valence-corrected chi connectivity index (χ3v) is 4.28. The minimum atomic E-state index is -0.332. The monoisotopic (exact) mass is 364 g/mol. The number of amides is 1. The number of anilines is 1. The van der Waals surface area contributed by atoms with Crippen molar-refractivity contribution in [1.29, 1.82) is 0 Å².